The maximum Gasteiger partial charge on any atom is 0.303 e. The number of hydrogen-bond acceptors (Lipinski definition) is 6. The molecule has 4 N–H and O–H groups in total. The molecule has 0 aliphatic heterocycles. The van der Waals surface area contributed by atoms with Gasteiger partial charge in [-0.05, 0) is 43.2 Å². The SMILES string of the molecule is O=C(O)CCCCCCCCCCCCCCCCCC(=O)Nc1cc(=O)n(-c2ccc(Oc3ccccc3)c(S(=O)(=O)O)c2)[nH]1. The highest BCUT2D eigenvalue weighted by Gasteiger charge is 2.20. The zero-order valence-electron chi connectivity index (χ0n) is 26.4. The third kappa shape index (κ3) is 13.6. The molecule has 252 valence electrons. The number of amides is 1. The van der Waals surface area contributed by atoms with E-state index in [4.69, 9.17) is 9.84 Å². The molecule has 0 unspecified atom stereocenters. The molecule has 2 aromatic carbocycles. The van der Waals surface area contributed by atoms with Crippen LogP contribution in [0, 0.1) is 0 Å². The Morgan fingerprint density at radius 3 is 1.78 bits per heavy atom. The van der Waals surface area contributed by atoms with Crippen molar-refractivity contribution in [2.24, 2.45) is 0 Å². The molecule has 3 aromatic rings. The number of aromatic amines is 1. The Morgan fingerprint density at radius 2 is 1.26 bits per heavy atom. The molecular weight excluding hydrogens is 610 g/mol. The molecule has 12 heteroatoms. The number of carbonyl (C=O) groups is 2. The lowest BCUT2D eigenvalue weighted by Gasteiger charge is -2.11. The monoisotopic (exact) mass is 657 g/mol. The number of carboxylic acid groups (broad SMARTS) is 1. The van der Waals surface area contributed by atoms with Gasteiger partial charge in [-0.15, -0.1) is 0 Å². The summed E-state index contributed by atoms with van der Waals surface area (Å²) >= 11 is 0. The van der Waals surface area contributed by atoms with Gasteiger partial charge in [-0.1, -0.05) is 102 Å². The molecule has 0 atom stereocenters. The first-order valence-corrected chi connectivity index (χ1v) is 17.8. The van der Waals surface area contributed by atoms with E-state index in [1.165, 1.54) is 69.6 Å². The molecule has 46 heavy (non-hydrogen) atoms. The lowest BCUT2D eigenvalue weighted by Crippen LogP contribution is -2.14. The highest BCUT2D eigenvalue weighted by Crippen LogP contribution is 2.30. The van der Waals surface area contributed by atoms with Crippen molar-refractivity contribution in [3.63, 3.8) is 0 Å². The number of hydrogen-bond donors (Lipinski definition) is 4. The first-order chi connectivity index (χ1) is 22.1. The molecule has 0 saturated carbocycles. The van der Waals surface area contributed by atoms with Crippen molar-refractivity contribution in [2.45, 2.75) is 114 Å². The summed E-state index contributed by atoms with van der Waals surface area (Å²) < 4.78 is 40.6. The first-order valence-electron chi connectivity index (χ1n) is 16.3. The molecule has 0 spiro atoms. The van der Waals surface area contributed by atoms with Crippen LogP contribution in [0.1, 0.15) is 109 Å². The Labute approximate surface area is 271 Å². The van der Waals surface area contributed by atoms with Gasteiger partial charge in [0.15, 0.2) is 0 Å². The van der Waals surface area contributed by atoms with Crippen molar-refractivity contribution in [1.29, 1.82) is 0 Å². The van der Waals surface area contributed by atoms with Crippen molar-refractivity contribution in [3.05, 3.63) is 65.0 Å². The van der Waals surface area contributed by atoms with Gasteiger partial charge < -0.3 is 15.2 Å². The maximum absolute atomic E-state index is 12.6. The predicted octanol–water partition coefficient (Wildman–Crippen LogP) is 7.86. The zero-order chi connectivity index (χ0) is 33.2. The van der Waals surface area contributed by atoms with Crippen LogP contribution < -0.4 is 15.6 Å². The minimum absolute atomic E-state index is 0.100. The molecule has 0 radical (unpaired) electrons. The lowest BCUT2D eigenvalue weighted by molar-refractivity contribution is -0.137. The standard InChI is InChI=1S/C34H47N3O8S/c38-32(21-17-12-10-8-6-4-2-1-3-5-7-9-11-13-18-22-34(40)41)35-31-26-33(39)37(36-31)27-23-24-29(30(25-27)46(42,43)44)45-28-19-15-14-16-20-28/h14-16,19-20,23-26,36H,1-13,17-18,21-22H2,(H,35,38)(H,40,41)(H,42,43,44). The summed E-state index contributed by atoms with van der Waals surface area (Å²) in [6.45, 7) is 0. The molecular formula is C34H47N3O8S. The molecule has 0 aliphatic carbocycles. The molecule has 3 rings (SSSR count). The van der Waals surface area contributed by atoms with E-state index in [-0.39, 0.29) is 29.6 Å². The highest BCUT2D eigenvalue weighted by molar-refractivity contribution is 7.86. The van der Waals surface area contributed by atoms with Gasteiger partial charge in [-0.3, -0.25) is 24.0 Å². The van der Waals surface area contributed by atoms with Gasteiger partial charge in [0.25, 0.3) is 15.7 Å². The molecule has 1 heterocycles. The van der Waals surface area contributed by atoms with Crippen LogP contribution in [-0.2, 0) is 19.7 Å². The van der Waals surface area contributed by atoms with Crippen LogP contribution in [0.5, 0.6) is 11.5 Å². The first kappa shape index (κ1) is 36.6. The Bertz CT molecular complexity index is 1530. The van der Waals surface area contributed by atoms with E-state index in [0.717, 1.165) is 55.7 Å². The second kappa shape index (κ2) is 19.6. The molecule has 0 fully saturated rings. The maximum atomic E-state index is 12.6. The number of anilines is 1. The van der Waals surface area contributed by atoms with Crippen LogP contribution in [-0.4, -0.2) is 39.7 Å². The number of benzene rings is 2. The number of carboxylic acids is 1. The fraction of sp³-hybridized carbons (Fsp3) is 0.500. The average Bonchev–Trinajstić information content (AvgIpc) is 3.38. The Kier molecular flexibility index (Phi) is 15.6. The zero-order valence-corrected chi connectivity index (χ0v) is 27.2. The second-order valence-corrected chi connectivity index (χ2v) is 13.0. The topological polar surface area (TPSA) is 168 Å². The van der Waals surface area contributed by atoms with E-state index in [1.807, 2.05) is 0 Å². The molecule has 0 aliphatic rings. The van der Waals surface area contributed by atoms with Crippen LogP contribution in [0.15, 0.2) is 64.3 Å². The van der Waals surface area contributed by atoms with E-state index in [2.05, 4.69) is 10.4 Å². The smallest absolute Gasteiger partial charge is 0.303 e. The third-order valence-electron chi connectivity index (χ3n) is 7.72. The largest absolute Gasteiger partial charge is 0.481 e. The Balaban J connectivity index is 1.31. The average molecular weight is 658 g/mol. The van der Waals surface area contributed by atoms with E-state index >= 15 is 0 Å². The molecule has 1 aromatic heterocycles. The van der Waals surface area contributed by atoms with Crippen molar-refractivity contribution in [1.82, 2.24) is 9.78 Å². The normalized spacial score (nSPS) is 11.4. The summed E-state index contributed by atoms with van der Waals surface area (Å²) in [4.78, 5) is 35.1. The number of unbranched alkanes of at least 4 members (excludes halogenated alkanes) is 14. The van der Waals surface area contributed by atoms with Crippen LogP contribution in [0.25, 0.3) is 5.69 Å². The van der Waals surface area contributed by atoms with Crippen LogP contribution >= 0.6 is 0 Å². The summed E-state index contributed by atoms with van der Waals surface area (Å²) in [5.74, 6) is -0.467. The van der Waals surface area contributed by atoms with Gasteiger partial charge in [0.1, 0.15) is 22.2 Å². The van der Waals surface area contributed by atoms with Gasteiger partial charge >= 0.3 is 5.97 Å². The second-order valence-electron chi connectivity index (χ2n) is 11.6. The van der Waals surface area contributed by atoms with Crippen LogP contribution in [0.3, 0.4) is 0 Å². The predicted molar refractivity (Wildman–Crippen MR) is 177 cm³/mol. The number of nitrogens with one attached hydrogen (secondary N) is 2. The fourth-order valence-corrected chi connectivity index (χ4v) is 5.90. The fourth-order valence-electron chi connectivity index (χ4n) is 5.26. The van der Waals surface area contributed by atoms with Crippen molar-refractivity contribution in [3.8, 4) is 17.2 Å². The van der Waals surface area contributed by atoms with E-state index in [0.29, 0.717) is 12.2 Å². The highest BCUT2D eigenvalue weighted by atomic mass is 32.2. The summed E-state index contributed by atoms with van der Waals surface area (Å²) in [7, 11) is -4.68. The number of rotatable bonds is 23. The molecule has 0 bridgehead atoms. The van der Waals surface area contributed by atoms with Crippen LogP contribution in [0.2, 0.25) is 0 Å². The molecule has 1 amide bonds. The summed E-state index contributed by atoms with van der Waals surface area (Å²) in [6, 6.07) is 13.6. The van der Waals surface area contributed by atoms with Gasteiger partial charge in [-0.2, -0.15) is 8.42 Å². The number of H-pyrrole nitrogens is 1. The summed E-state index contributed by atoms with van der Waals surface area (Å²) in [5.41, 5.74) is -0.376. The van der Waals surface area contributed by atoms with Gasteiger partial charge in [-0.25, -0.2) is 4.68 Å². The number of carbonyl (C=O) groups excluding carboxylic acids is 1. The molecule has 0 saturated heterocycles. The number of para-hydroxylation sites is 1. The number of nitrogens with zero attached hydrogens (tertiary/aromatic N) is 1. The third-order valence-corrected chi connectivity index (χ3v) is 8.60. The van der Waals surface area contributed by atoms with Crippen molar-refractivity contribution < 1.29 is 32.4 Å². The van der Waals surface area contributed by atoms with E-state index < -0.39 is 26.5 Å². The van der Waals surface area contributed by atoms with Crippen molar-refractivity contribution >= 4 is 27.8 Å². The number of ether oxygens (including phenoxy) is 1. The number of aliphatic carboxylic acids is 1. The molecule has 11 nitrogen and oxygen atoms in total. The van der Waals surface area contributed by atoms with Gasteiger partial charge in [0.2, 0.25) is 5.91 Å². The minimum Gasteiger partial charge on any atom is -0.481 e. The van der Waals surface area contributed by atoms with Gasteiger partial charge in [0.05, 0.1) is 5.69 Å². The summed E-state index contributed by atoms with van der Waals surface area (Å²) in [5, 5.41) is 14.1. The van der Waals surface area contributed by atoms with Crippen LogP contribution in [0.4, 0.5) is 5.82 Å². The van der Waals surface area contributed by atoms with Gasteiger partial charge in [0, 0.05) is 18.9 Å². The quantitative estimate of drug-likeness (QED) is 0.0590. The van der Waals surface area contributed by atoms with E-state index in [1.54, 1.807) is 30.3 Å². The Morgan fingerprint density at radius 1 is 0.739 bits per heavy atom. The lowest BCUT2D eigenvalue weighted by atomic mass is 10.0. The van der Waals surface area contributed by atoms with E-state index in [9.17, 15) is 27.4 Å². The number of aromatic nitrogens is 2. The van der Waals surface area contributed by atoms with Crippen molar-refractivity contribution in [2.75, 3.05) is 5.32 Å². The summed E-state index contributed by atoms with van der Waals surface area (Å²) in [6.07, 6.45) is 17.4. The minimum atomic E-state index is -4.68. The Hall–Kier alpha value is -3.90.